The van der Waals surface area contributed by atoms with Crippen molar-refractivity contribution in [3.63, 3.8) is 0 Å². The average Bonchev–Trinajstić information content (AvgIpc) is 2.68. The SMILES string of the molecule is Cc1ccnc(N[C@@H](c2ccccc2F)c2ccc3cccnc3c2O)c1. The number of fused-ring (bicyclic) bond motifs is 1. The lowest BCUT2D eigenvalue weighted by molar-refractivity contribution is 0.471. The molecule has 2 aromatic heterocycles. The quantitative estimate of drug-likeness (QED) is 0.539. The Hall–Kier alpha value is -3.47. The molecule has 0 radical (unpaired) electrons. The molecule has 134 valence electrons. The highest BCUT2D eigenvalue weighted by atomic mass is 19.1. The fraction of sp³-hybridized carbons (Fsp3) is 0.0909. The zero-order chi connectivity index (χ0) is 18.8. The number of hydrogen-bond donors (Lipinski definition) is 2. The summed E-state index contributed by atoms with van der Waals surface area (Å²) in [5, 5.41) is 14.9. The number of nitrogens with one attached hydrogen (secondary N) is 1. The van der Waals surface area contributed by atoms with E-state index in [1.54, 1.807) is 36.7 Å². The van der Waals surface area contributed by atoms with Gasteiger partial charge in [0.05, 0.1) is 6.04 Å². The summed E-state index contributed by atoms with van der Waals surface area (Å²) in [6.45, 7) is 1.96. The van der Waals surface area contributed by atoms with Gasteiger partial charge in [-0.1, -0.05) is 36.4 Å². The van der Waals surface area contributed by atoms with Gasteiger partial charge in [0.1, 0.15) is 22.9 Å². The van der Waals surface area contributed by atoms with Gasteiger partial charge in [0.15, 0.2) is 0 Å². The summed E-state index contributed by atoms with van der Waals surface area (Å²) in [6.07, 6.45) is 3.32. The number of halogens is 1. The van der Waals surface area contributed by atoms with Crippen LogP contribution in [0.5, 0.6) is 5.75 Å². The van der Waals surface area contributed by atoms with Gasteiger partial charge in [0.2, 0.25) is 0 Å². The first kappa shape index (κ1) is 17.0. The lowest BCUT2D eigenvalue weighted by Crippen LogP contribution is -2.15. The highest BCUT2D eigenvalue weighted by Gasteiger charge is 2.22. The molecule has 27 heavy (non-hydrogen) atoms. The summed E-state index contributed by atoms with van der Waals surface area (Å²) >= 11 is 0. The highest BCUT2D eigenvalue weighted by molar-refractivity contribution is 5.86. The summed E-state index contributed by atoms with van der Waals surface area (Å²) in [7, 11) is 0. The van der Waals surface area contributed by atoms with Crippen molar-refractivity contribution >= 4 is 16.7 Å². The average molecular weight is 359 g/mol. The molecule has 0 aliphatic carbocycles. The van der Waals surface area contributed by atoms with E-state index in [-0.39, 0.29) is 11.6 Å². The third-order valence-corrected chi connectivity index (χ3v) is 4.51. The van der Waals surface area contributed by atoms with E-state index >= 15 is 0 Å². The smallest absolute Gasteiger partial charge is 0.147 e. The number of aryl methyl sites for hydroxylation is 1. The van der Waals surface area contributed by atoms with Crippen molar-refractivity contribution in [2.24, 2.45) is 0 Å². The van der Waals surface area contributed by atoms with Gasteiger partial charge >= 0.3 is 0 Å². The number of phenols is 1. The second-order valence-corrected chi connectivity index (χ2v) is 6.40. The van der Waals surface area contributed by atoms with E-state index in [0.717, 1.165) is 10.9 Å². The lowest BCUT2D eigenvalue weighted by atomic mass is 9.95. The molecule has 2 N–H and O–H groups in total. The first-order valence-corrected chi connectivity index (χ1v) is 8.63. The molecule has 0 bridgehead atoms. The molecule has 1 atom stereocenters. The second-order valence-electron chi connectivity index (χ2n) is 6.40. The molecule has 0 fully saturated rings. The molecular weight excluding hydrogens is 341 g/mol. The molecule has 0 aliphatic heterocycles. The van der Waals surface area contributed by atoms with Crippen LogP contribution in [0.3, 0.4) is 0 Å². The fourth-order valence-electron chi connectivity index (χ4n) is 3.17. The van der Waals surface area contributed by atoms with Crippen molar-refractivity contribution < 1.29 is 9.50 Å². The van der Waals surface area contributed by atoms with Crippen LogP contribution >= 0.6 is 0 Å². The van der Waals surface area contributed by atoms with Crippen molar-refractivity contribution in [1.82, 2.24) is 9.97 Å². The minimum absolute atomic E-state index is 0.0292. The Morgan fingerprint density at radius 2 is 1.78 bits per heavy atom. The maximum atomic E-state index is 14.6. The van der Waals surface area contributed by atoms with Gasteiger partial charge in [0.25, 0.3) is 0 Å². The van der Waals surface area contributed by atoms with Crippen LogP contribution in [0.2, 0.25) is 0 Å². The Labute approximate surface area is 156 Å². The summed E-state index contributed by atoms with van der Waals surface area (Å²) in [6, 6.07) is 17.0. The molecular formula is C22H18FN3O. The molecule has 0 saturated carbocycles. The highest BCUT2D eigenvalue weighted by Crippen LogP contribution is 2.36. The fourth-order valence-corrected chi connectivity index (χ4v) is 3.17. The number of phenolic OH excluding ortho intramolecular Hbond substituents is 1. The molecule has 0 saturated heterocycles. The van der Waals surface area contributed by atoms with Crippen LogP contribution in [-0.4, -0.2) is 15.1 Å². The first-order chi connectivity index (χ1) is 13.1. The molecule has 0 amide bonds. The van der Waals surface area contributed by atoms with Crippen LogP contribution in [-0.2, 0) is 0 Å². The summed E-state index contributed by atoms with van der Waals surface area (Å²) in [4.78, 5) is 8.60. The number of aromatic nitrogens is 2. The normalized spacial score (nSPS) is 12.1. The third-order valence-electron chi connectivity index (χ3n) is 4.51. The molecule has 0 aliphatic rings. The van der Waals surface area contributed by atoms with Gasteiger partial charge in [-0.25, -0.2) is 9.37 Å². The second kappa shape index (κ2) is 7.03. The van der Waals surface area contributed by atoms with Crippen LogP contribution in [0, 0.1) is 12.7 Å². The van der Waals surface area contributed by atoms with Crippen LogP contribution in [0.25, 0.3) is 10.9 Å². The monoisotopic (exact) mass is 359 g/mol. The molecule has 2 heterocycles. The Morgan fingerprint density at radius 3 is 2.59 bits per heavy atom. The lowest BCUT2D eigenvalue weighted by Gasteiger charge is -2.22. The van der Waals surface area contributed by atoms with Gasteiger partial charge < -0.3 is 10.4 Å². The summed E-state index contributed by atoms with van der Waals surface area (Å²) < 4.78 is 14.6. The Balaban J connectivity index is 1.88. The van der Waals surface area contributed by atoms with E-state index in [1.165, 1.54) is 6.07 Å². The predicted molar refractivity (Wildman–Crippen MR) is 104 cm³/mol. The van der Waals surface area contributed by atoms with E-state index in [2.05, 4.69) is 15.3 Å². The van der Waals surface area contributed by atoms with Gasteiger partial charge in [-0.3, -0.25) is 4.98 Å². The van der Waals surface area contributed by atoms with Gasteiger partial charge in [-0.2, -0.15) is 0 Å². The molecule has 0 spiro atoms. The van der Waals surface area contributed by atoms with Crippen molar-refractivity contribution in [1.29, 1.82) is 0 Å². The maximum Gasteiger partial charge on any atom is 0.147 e. The number of aromatic hydroxyl groups is 1. The minimum Gasteiger partial charge on any atom is -0.505 e. The van der Waals surface area contributed by atoms with E-state index in [9.17, 15) is 9.50 Å². The molecule has 4 nitrogen and oxygen atoms in total. The number of benzene rings is 2. The summed E-state index contributed by atoms with van der Waals surface area (Å²) in [5.74, 6) is 0.272. The van der Waals surface area contributed by atoms with E-state index in [1.807, 2.05) is 37.3 Å². The molecule has 4 aromatic rings. The Morgan fingerprint density at radius 1 is 0.926 bits per heavy atom. The molecule has 0 unspecified atom stereocenters. The van der Waals surface area contributed by atoms with E-state index in [4.69, 9.17) is 0 Å². The van der Waals surface area contributed by atoms with Crippen LogP contribution in [0.15, 0.2) is 73.1 Å². The first-order valence-electron chi connectivity index (χ1n) is 8.63. The maximum absolute atomic E-state index is 14.6. The van der Waals surface area contributed by atoms with Crippen molar-refractivity contribution in [2.45, 2.75) is 13.0 Å². The van der Waals surface area contributed by atoms with E-state index < -0.39 is 6.04 Å². The van der Waals surface area contributed by atoms with Crippen LogP contribution in [0.1, 0.15) is 22.7 Å². The van der Waals surface area contributed by atoms with E-state index in [0.29, 0.717) is 22.5 Å². The zero-order valence-corrected chi connectivity index (χ0v) is 14.7. The summed E-state index contributed by atoms with van der Waals surface area (Å²) in [5.41, 5.74) is 2.47. The number of pyridine rings is 2. The predicted octanol–water partition coefficient (Wildman–Crippen LogP) is 4.98. The standard InChI is InChI=1S/C22H18FN3O/c1-14-10-12-24-19(13-14)26-21(16-6-2-3-7-18(16)23)17-9-8-15-5-4-11-25-20(15)22(17)27/h2-13,21,27H,1H3,(H,24,26)/t21-/m0/s1. The van der Waals surface area contributed by atoms with Crippen molar-refractivity contribution in [2.75, 3.05) is 5.32 Å². The number of anilines is 1. The number of nitrogens with zero attached hydrogens (tertiary/aromatic N) is 2. The third kappa shape index (κ3) is 3.31. The van der Waals surface area contributed by atoms with Crippen molar-refractivity contribution in [3.05, 3.63) is 95.6 Å². The Kier molecular flexibility index (Phi) is 4.42. The molecule has 5 heteroatoms. The van der Waals surface area contributed by atoms with Crippen LogP contribution in [0.4, 0.5) is 10.2 Å². The van der Waals surface area contributed by atoms with Crippen LogP contribution < -0.4 is 5.32 Å². The molecule has 2 aromatic carbocycles. The zero-order valence-electron chi connectivity index (χ0n) is 14.7. The number of rotatable bonds is 4. The topological polar surface area (TPSA) is 58.0 Å². The van der Waals surface area contributed by atoms with Gasteiger partial charge in [-0.15, -0.1) is 0 Å². The molecule has 4 rings (SSSR count). The number of hydrogen-bond acceptors (Lipinski definition) is 4. The van der Waals surface area contributed by atoms with Gasteiger partial charge in [-0.05, 0) is 36.8 Å². The van der Waals surface area contributed by atoms with Gasteiger partial charge in [0, 0.05) is 28.9 Å². The Bertz CT molecular complexity index is 1110. The van der Waals surface area contributed by atoms with Crippen molar-refractivity contribution in [3.8, 4) is 5.75 Å². The largest absolute Gasteiger partial charge is 0.505 e. The minimum atomic E-state index is -0.619.